The summed E-state index contributed by atoms with van der Waals surface area (Å²) in [6.45, 7) is 0. The SMILES string of the molecule is N#CCC[C@@H](C#N)CSc1nc(C2CC2)n(-c2ccccc2)n1. The fraction of sp³-hybridized carbons (Fsp3) is 0.412. The Hall–Kier alpha value is -2.31. The maximum absolute atomic E-state index is 9.15. The fourth-order valence-electron chi connectivity index (χ4n) is 2.33. The van der Waals surface area contributed by atoms with Crippen LogP contribution in [0.15, 0.2) is 35.5 Å². The molecule has 1 saturated carbocycles. The molecule has 0 saturated heterocycles. The van der Waals surface area contributed by atoms with Crippen LogP contribution in [0.2, 0.25) is 0 Å². The van der Waals surface area contributed by atoms with Crippen LogP contribution in [0, 0.1) is 28.6 Å². The van der Waals surface area contributed by atoms with Gasteiger partial charge in [0.25, 0.3) is 0 Å². The van der Waals surface area contributed by atoms with Gasteiger partial charge in [0.1, 0.15) is 5.82 Å². The minimum absolute atomic E-state index is 0.132. The zero-order valence-electron chi connectivity index (χ0n) is 12.7. The lowest BCUT2D eigenvalue weighted by Gasteiger charge is -2.04. The van der Waals surface area contributed by atoms with Crippen LogP contribution in [0.25, 0.3) is 5.69 Å². The van der Waals surface area contributed by atoms with E-state index in [0.717, 1.165) is 11.5 Å². The minimum Gasteiger partial charge on any atom is -0.216 e. The Labute approximate surface area is 140 Å². The van der Waals surface area contributed by atoms with Crippen molar-refractivity contribution >= 4 is 11.8 Å². The molecule has 23 heavy (non-hydrogen) atoms. The predicted molar refractivity (Wildman–Crippen MR) is 88.0 cm³/mol. The maximum Gasteiger partial charge on any atom is 0.209 e. The standard InChI is InChI=1S/C17H17N5S/c18-10-4-5-13(11-19)12-23-17-20-16(14-8-9-14)22(21-17)15-6-2-1-3-7-15/h1-3,6-7,13-14H,4-5,8-9,12H2/t13-/m0/s1. The topological polar surface area (TPSA) is 78.3 Å². The number of benzene rings is 1. The number of nitriles is 2. The van der Waals surface area contributed by atoms with Crippen LogP contribution >= 0.6 is 11.8 Å². The first-order chi connectivity index (χ1) is 11.3. The second kappa shape index (κ2) is 7.30. The van der Waals surface area contributed by atoms with Crippen LogP contribution in [-0.4, -0.2) is 20.5 Å². The summed E-state index contributed by atoms with van der Waals surface area (Å²) in [5.74, 6) is 2.01. The van der Waals surface area contributed by atoms with Crippen molar-refractivity contribution in [3.63, 3.8) is 0 Å². The van der Waals surface area contributed by atoms with Gasteiger partial charge in [-0.05, 0) is 31.4 Å². The van der Waals surface area contributed by atoms with Crippen LogP contribution in [0.1, 0.15) is 37.4 Å². The monoisotopic (exact) mass is 323 g/mol. The van der Waals surface area contributed by atoms with E-state index in [4.69, 9.17) is 10.5 Å². The van der Waals surface area contributed by atoms with Crippen LogP contribution in [0.5, 0.6) is 0 Å². The maximum atomic E-state index is 9.15. The molecular weight excluding hydrogens is 306 g/mol. The van der Waals surface area contributed by atoms with Gasteiger partial charge < -0.3 is 0 Å². The van der Waals surface area contributed by atoms with Gasteiger partial charge in [0.15, 0.2) is 0 Å². The van der Waals surface area contributed by atoms with Gasteiger partial charge in [0.2, 0.25) is 5.16 Å². The van der Waals surface area contributed by atoms with Gasteiger partial charge in [-0.2, -0.15) is 10.5 Å². The molecule has 0 unspecified atom stereocenters. The van der Waals surface area contributed by atoms with Gasteiger partial charge in [-0.1, -0.05) is 30.0 Å². The Morgan fingerprint density at radius 2 is 2.04 bits per heavy atom. The lowest BCUT2D eigenvalue weighted by atomic mass is 10.1. The van der Waals surface area contributed by atoms with E-state index < -0.39 is 0 Å². The molecule has 1 aliphatic carbocycles. The molecule has 0 spiro atoms. The molecule has 2 aromatic rings. The zero-order valence-corrected chi connectivity index (χ0v) is 13.5. The first-order valence-electron chi connectivity index (χ1n) is 7.73. The summed E-state index contributed by atoms with van der Waals surface area (Å²) in [5.41, 5.74) is 1.02. The van der Waals surface area contributed by atoms with Crippen molar-refractivity contribution in [3.05, 3.63) is 36.2 Å². The highest BCUT2D eigenvalue weighted by molar-refractivity contribution is 7.99. The van der Waals surface area contributed by atoms with Crippen molar-refractivity contribution in [2.24, 2.45) is 5.92 Å². The molecular formula is C17H17N5S. The molecule has 1 aromatic heterocycles. The van der Waals surface area contributed by atoms with Gasteiger partial charge in [-0.15, -0.1) is 5.10 Å². The van der Waals surface area contributed by atoms with Gasteiger partial charge in [-0.3, -0.25) is 0 Å². The zero-order chi connectivity index (χ0) is 16.1. The van der Waals surface area contributed by atoms with Crippen molar-refractivity contribution in [3.8, 4) is 17.8 Å². The van der Waals surface area contributed by atoms with Gasteiger partial charge in [0.05, 0.1) is 23.7 Å². The number of para-hydroxylation sites is 1. The first-order valence-corrected chi connectivity index (χ1v) is 8.72. The largest absolute Gasteiger partial charge is 0.216 e. The molecule has 1 fully saturated rings. The molecule has 5 nitrogen and oxygen atoms in total. The quantitative estimate of drug-likeness (QED) is 0.726. The lowest BCUT2D eigenvalue weighted by Crippen LogP contribution is -2.02. The van der Waals surface area contributed by atoms with Crippen molar-refractivity contribution in [2.75, 3.05) is 5.75 Å². The second-order valence-corrected chi connectivity index (χ2v) is 6.60. The Balaban J connectivity index is 1.74. The molecule has 1 aliphatic rings. The van der Waals surface area contributed by atoms with Gasteiger partial charge in [-0.25, -0.2) is 9.67 Å². The van der Waals surface area contributed by atoms with E-state index in [1.54, 1.807) is 0 Å². The number of aromatic nitrogens is 3. The molecule has 0 radical (unpaired) electrons. The normalized spacial score (nSPS) is 14.9. The van der Waals surface area contributed by atoms with E-state index in [1.807, 2.05) is 35.0 Å². The van der Waals surface area contributed by atoms with E-state index in [0.29, 0.717) is 29.7 Å². The third kappa shape index (κ3) is 3.91. The summed E-state index contributed by atoms with van der Waals surface area (Å²) in [6.07, 6.45) is 3.35. The molecule has 0 bridgehead atoms. The number of nitrogens with zero attached hydrogens (tertiary/aromatic N) is 5. The summed E-state index contributed by atoms with van der Waals surface area (Å²) in [4.78, 5) is 4.68. The van der Waals surface area contributed by atoms with E-state index in [1.165, 1.54) is 24.6 Å². The highest BCUT2D eigenvalue weighted by Gasteiger charge is 2.30. The minimum atomic E-state index is -0.132. The van der Waals surface area contributed by atoms with Gasteiger partial charge >= 0.3 is 0 Å². The number of hydrogen-bond donors (Lipinski definition) is 0. The van der Waals surface area contributed by atoms with Crippen molar-refractivity contribution in [2.45, 2.75) is 36.8 Å². The molecule has 6 heteroatoms. The summed E-state index contributed by atoms with van der Waals surface area (Å²) in [7, 11) is 0. The molecule has 1 atom stereocenters. The fourth-order valence-corrected chi connectivity index (χ4v) is 3.22. The van der Waals surface area contributed by atoms with Crippen molar-refractivity contribution in [1.82, 2.24) is 14.8 Å². The van der Waals surface area contributed by atoms with Crippen LogP contribution in [-0.2, 0) is 0 Å². The summed E-state index contributed by atoms with van der Waals surface area (Å²) in [6, 6.07) is 14.4. The highest BCUT2D eigenvalue weighted by atomic mass is 32.2. The van der Waals surface area contributed by atoms with E-state index >= 15 is 0 Å². The number of thioether (sulfide) groups is 1. The summed E-state index contributed by atoms with van der Waals surface area (Å²) >= 11 is 1.50. The third-order valence-electron chi connectivity index (χ3n) is 3.76. The van der Waals surface area contributed by atoms with Crippen LogP contribution in [0.3, 0.4) is 0 Å². The number of hydrogen-bond acceptors (Lipinski definition) is 5. The smallest absolute Gasteiger partial charge is 0.209 e. The summed E-state index contributed by atoms with van der Waals surface area (Å²) in [5, 5.41) is 23.1. The molecule has 0 N–H and O–H groups in total. The van der Waals surface area contributed by atoms with E-state index in [9.17, 15) is 0 Å². The highest BCUT2D eigenvalue weighted by Crippen LogP contribution is 2.40. The molecule has 0 amide bonds. The lowest BCUT2D eigenvalue weighted by molar-refractivity contribution is 0.684. The predicted octanol–water partition coefficient (Wildman–Crippen LogP) is 3.68. The van der Waals surface area contributed by atoms with Gasteiger partial charge in [0, 0.05) is 18.1 Å². The molecule has 0 aliphatic heterocycles. The van der Waals surface area contributed by atoms with Crippen LogP contribution < -0.4 is 0 Å². The third-order valence-corrected chi connectivity index (χ3v) is 4.76. The Bertz CT molecular complexity index is 737. The Morgan fingerprint density at radius 3 is 2.70 bits per heavy atom. The first kappa shape index (κ1) is 15.6. The molecule has 3 rings (SSSR count). The van der Waals surface area contributed by atoms with E-state index in [2.05, 4.69) is 22.2 Å². The Morgan fingerprint density at radius 1 is 1.26 bits per heavy atom. The second-order valence-electron chi connectivity index (χ2n) is 5.61. The van der Waals surface area contributed by atoms with Crippen molar-refractivity contribution in [1.29, 1.82) is 10.5 Å². The molecule has 1 heterocycles. The van der Waals surface area contributed by atoms with Crippen LogP contribution in [0.4, 0.5) is 0 Å². The molecule has 116 valence electrons. The number of rotatable bonds is 7. The molecule has 1 aromatic carbocycles. The van der Waals surface area contributed by atoms with Crippen molar-refractivity contribution < 1.29 is 0 Å². The average molecular weight is 323 g/mol. The Kier molecular flexibility index (Phi) is 4.95. The van der Waals surface area contributed by atoms with E-state index in [-0.39, 0.29) is 5.92 Å². The summed E-state index contributed by atoms with van der Waals surface area (Å²) < 4.78 is 1.93. The average Bonchev–Trinajstić information content (AvgIpc) is 3.36.